The molecule has 9 heteroatoms. The van der Waals surface area contributed by atoms with E-state index in [4.69, 9.17) is 0 Å². The zero-order valence-corrected chi connectivity index (χ0v) is 12.4. The van der Waals surface area contributed by atoms with Crippen molar-refractivity contribution in [3.8, 4) is 0 Å². The number of amides is 4. The normalized spacial score (nSPS) is 20.0. The number of hydrogen-bond acceptors (Lipinski definition) is 3. The fourth-order valence-electron chi connectivity index (χ4n) is 2.96. The first-order chi connectivity index (χ1) is 11.2. The third kappa shape index (κ3) is 2.81. The van der Waals surface area contributed by atoms with Crippen LogP contribution in [0, 0.1) is 0 Å². The van der Waals surface area contributed by atoms with Gasteiger partial charge >= 0.3 is 12.2 Å². The molecule has 2 saturated heterocycles. The highest BCUT2D eigenvalue weighted by Crippen LogP contribution is 2.30. The fraction of sp³-hybridized carbons (Fsp3) is 0.400. The van der Waals surface area contributed by atoms with Crippen LogP contribution in [0.5, 0.6) is 0 Å². The number of imide groups is 1. The lowest BCUT2D eigenvalue weighted by atomic mass is 9.87. The molecule has 3 rings (SSSR count). The maximum absolute atomic E-state index is 12.5. The van der Waals surface area contributed by atoms with E-state index in [2.05, 4.69) is 10.6 Å². The minimum absolute atomic E-state index is 0.152. The van der Waals surface area contributed by atoms with Gasteiger partial charge in [0.15, 0.2) is 0 Å². The van der Waals surface area contributed by atoms with Crippen molar-refractivity contribution in [2.75, 3.05) is 13.1 Å². The zero-order chi connectivity index (χ0) is 17.5. The molecule has 2 aliphatic heterocycles. The molecule has 24 heavy (non-hydrogen) atoms. The smallest absolute Gasteiger partial charge is 0.338 e. The summed E-state index contributed by atoms with van der Waals surface area (Å²) >= 11 is 0. The second-order valence-electron chi connectivity index (χ2n) is 5.86. The monoisotopic (exact) mass is 341 g/mol. The van der Waals surface area contributed by atoms with Gasteiger partial charge in [-0.2, -0.15) is 13.2 Å². The molecule has 0 atom stereocenters. The molecular formula is C15H14F3N3O3. The number of alkyl halides is 3. The Hall–Kier alpha value is -2.58. The van der Waals surface area contributed by atoms with Crippen LogP contribution in [0.3, 0.4) is 0 Å². The van der Waals surface area contributed by atoms with E-state index in [0.29, 0.717) is 0 Å². The summed E-state index contributed by atoms with van der Waals surface area (Å²) in [5.41, 5.74) is -1.66. The second-order valence-corrected chi connectivity index (χ2v) is 5.86. The van der Waals surface area contributed by atoms with E-state index in [0.717, 1.165) is 24.3 Å². The Bertz CT molecular complexity index is 692. The third-order valence-electron chi connectivity index (χ3n) is 4.38. The van der Waals surface area contributed by atoms with Gasteiger partial charge in [0, 0.05) is 18.7 Å². The van der Waals surface area contributed by atoms with Gasteiger partial charge in [0.25, 0.3) is 11.8 Å². The number of carbonyl (C=O) groups excluding carboxylic acids is 3. The highest BCUT2D eigenvalue weighted by atomic mass is 19.4. The van der Waals surface area contributed by atoms with Crippen molar-refractivity contribution >= 4 is 17.8 Å². The number of halogens is 3. The Labute approximate surface area is 135 Å². The van der Waals surface area contributed by atoms with Gasteiger partial charge in [-0.15, -0.1) is 0 Å². The molecule has 1 spiro atoms. The van der Waals surface area contributed by atoms with Crippen molar-refractivity contribution in [3.05, 3.63) is 35.4 Å². The summed E-state index contributed by atoms with van der Waals surface area (Å²) in [5.74, 6) is -0.808. The zero-order valence-electron chi connectivity index (χ0n) is 12.4. The van der Waals surface area contributed by atoms with E-state index in [9.17, 15) is 27.6 Å². The summed E-state index contributed by atoms with van der Waals surface area (Å²) in [7, 11) is 0. The summed E-state index contributed by atoms with van der Waals surface area (Å²) < 4.78 is 37.6. The van der Waals surface area contributed by atoms with E-state index < -0.39 is 35.1 Å². The van der Waals surface area contributed by atoms with Crippen molar-refractivity contribution in [1.82, 2.24) is 15.5 Å². The lowest BCUT2D eigenvalue weighted by Gasteiger charge is -2.37. The number of benzene rings is 1. The average molecular weight is 341 g/mol. The lowest BCUT2D eigenvalue weighted by molar-refractivity contribution is -0.137. The minimum atomic E-state index is -4.45. The van der Waals surface area contributed by atoms with Crippen LogP contribution in [0.15, 0.2) is 24.3 Å². The predicted molar refractivity (Wildman–Crippen MR) is 76.0 cm³/mol. The maximum atomic E-state index is 12.5. The minimum Gasteiger partial charge on any atom is -0.338 e. The van der Waals surface area contributed by atoms with Gasteiger partial charge in [-0.3, -0.25) is 14.9 Å². The van der Waals surface area contributed by atoms with Crippen LogP contribution >= 0.6 is 0 Å². The maximum Gasteiger partial charge on any atom is 0.416 e. The van der Waals surface area contributed by atoms with Gasteiger partial charge in [-0.05, 0) is 37.1 Å². The molecule has 2 N–H and O–H groups in total. The highest BCUT2D eigenvalue weighted by molar-refractivity contribution is 6.07. The van der Waals surface area contributed by atoms with Crippen LogP contribution in [-0.4, -0.2) is 41.4 Å². The van der Waals surface area contributed by atoms with Crippen LogP contribution in [0.25, 0.3) is 0 Å². The molecule has 128 valence electrons. The first kappa shape index (κ1) is 16.3. The van der Waals surface area contributed by atoms with Crippen molar-refractivity contribution in [1.29, 1.82) is 0 Å². The number of urea groups is 1. The van der Waals surface area contributed by atoms with E-state index in [1.807, 2.05) is 0 Å². The predicted octanol–water partition coefficient (Wildman–Crippen LogP) is 1.52. The summed E-state index contributed by atoms with van der Waals surface area (Å²) in [4.78, 5) is 36.9. The number of nitrogens with zero attached hydrogens (tertiary/aromatic N) is 1. The SMILES string of the molecule is O=C1NC(=O)C2(CCN(C(=O)c3ccc(C(F)(F)F)cc3)CC2)N1. The molecule has 0 radical (unpaired) electrons. The average Bonchev–Trinajstić information content (AvgIpc) is 2.80. The number of likely N-dealkylation sites (tertiary alicyclic amines) is 1. The molecule has 1 aromatic carbocycles. The molecule has 0 aliphatic carbocycles. The van der Waals surface area contributed by atoms with E-state index in [-0.39, 0.29) is 31.5 Å². The molecule has 2 fully saturated rings. The molecule has 2 heterocycles. The van der Waals surface area contributed by atoms with Gasteiger partial charge in [0.2, 0.25) is 0 Å². The van der Waals surface area contributed by atoms with Crippen molar-refractivity contribution in [3.63, 3.8) is 0 Å². The number of carbonyl (C=O) groups is 3. The van der Waals surface area contributed by atoms with Crippen LogP contribution in [0.2, 0.25) is 0 Å². The van der Waals surface area contributed by atoms with Gasteiger partial charge in [0.1, 0.15) is 5.54 Å². The molecule has 0 bridgehead atoms. The highest BCUT2D eigenvalue weighted by Gasteiger charge is 2.48. The fourth-order valence-corrected chi connectivity index (χ4v) is 2.96. The largest absolute Gasteiger partial charge is 0.416 e. The van der Waals surface area contributed by atoms with E-state index in [1.54, 1.807) is 0 Å². The molecule has 0 aromatic heterocycles. The third-order valence-corrected chi connectivity index (χ3v) is 4.38. The molecule has 1 aromatic rings. The van der Waals surface area contributed by atoms with Crippen LogP contribution in [0.1, 0.15) is 28.8 Å². The van der Waals surface area contributed by atoms with Crippen LogP contribution in [0.4, 0.5) is 18.0 Å². The number of rotatable bonds is 1. The van der Waals surface area contributed by atoms with Crippen molar-refractivity contribution < 1.29 is 27.6 Å². The molecule has 2 aliphatic rings. The van der Waals surface area contributed by atoms with Crippen molar-refractivity contribution in [2.45, 2.75) is 24.6 Å². The Kier molecular flexibility index (Phi) is 3.73. The van der Waals surface area contributed by atoms with Gasteiger partial charge in [-0.25, -0.2) is 4.79 Å². The lowest BCUT2D eigenvalue weighted by Crippen LogP contribution is -2.55. The molecule has 4 amide bonds. The second kappa shape index (κ2) is 5.50. The van der Waals surface area contributed by atoms with E-state index >= 15 is 0 Å². The summed E-state index contributed by atoms with van der Waals surface area (Å²) in [6.07, 6.45) is -3.93. The van der Waals surface area contributed by atoms with Crippen LogP contribution in [-0.2, 0) is 11.0 Å². The molecule has 0 saturated carbocycles. The summed E-state index contributed by atoms with van der Waals surface area (Å²) in [5, 5.41) is 4.75. The number of hydrogen-bond donors (Lipinski definition) is 2. The van der Waals surface area contributed by atoms with Gasteiger partial charge < -0.3 is 10.2 Å². The van der Waals surface area contributed by atoms with Crippen molar-refractivity contribution in [2.24, 2.45) is 0 Å². The summed E-state index contributed by atoms with van der Waals surface area (Å²) in [6.45, 7) is 0.459. The topological polar surface area (TPSA) is 78.5 Å². The first-order valence-corrected chi connectivity index (χ1v) is 7.31. The Morgan fingerprint density at radius 2 is 1.67 bits per heavy atom. The Balaban J connectivity index is 1.67. The number of nitrogens with one attached hydrogen (secondary N) is 2. The summed E-state index contributed by atoms with van der Waals surface area (Å²) in [6, 6.07) is 3.45. The van der Waals surface area contributed by atoms with Crippen LogP contribution < -0.4 is 10.6 Å². The molecule has 6 nitrogen and oxygen atoms in total. The molecule has 0 unspecified atom stereocenters. The quantitative estimate of drug-likeness (QED) is 0.760. The Morgan fingerprint density at radius 3 is 2.12 bits per heavy atom. The standard InChI is InChI=1S/C15H14F3N3O3/c16-15(17,18)10-3-1-9(2-4-10)11(22)21-7-5-14(6-8-21)12(23)19-13(24)20-14/h1-4H,5-8H2,(H2,19,20,23,24). The first-order valence-electron chi connectivity index (χ1n) is 7.31. The van der Waals surface area contributed by atoms with Gasteiger partial charge in [0.05, 0.1) is 5.56 Å². The molecular weight excluding hydrogens is 327 g/mol. The Morgan fingerprint density at radius 1 is 1.08 bits per heavy atom. The van der Waals surface area contributed by atoms with E-state index in [1.165, 1.54) is 4.90 Å². The van der Waals surface area contributed by atoms with Gasteiger partial charge in [-0.1, -0.05) is 0 Å². The number of piperidine rings is 1.